The van der Waals surface area contributed by atoms with Gasteiger partial charge in [0.1, 0.15) is 0 Å². The highest BCUT2D eigenvalue weighted by atomic mass is 14.0. The first-order valence-corrected chi connectivity index (χ1v) is 7.34. The lowest BCUT2D eigenvalue weighted by molar-refractivity contribution is 1.13. The molecule has 0 N–H and O–H groups in total. The van der Waals surface area contributed by atoms with Crippen molar-refractivity contribution in [2.24, 2.45) is 0 Å². The van der Waals surface area contributed by atoms with Crippen LogP contribution in [0.5, 0.6) is 0 Å². The second-order valence-corrected chi connectivity index (χ2v) is 3.99. The Morgan fingerprint density at radius 3 is 1.63 bits per heavy atom. The highest BCUT2D eigenvalue weighted by Crippen LogP contribution is 2.14. The minimum Gasteiger partial charge on any atom is -0.0961 e. The maximum absolute atomic E-state index is 4.05. The van der Waals surface area contributed by atoms with Crippen LogP contribution < -0.4 is 0 Å². The predicted molar refractivity (Wildman–Crippen MR) is 93.6 cm³/mol. The van der Waals surface area contributed by atoms with Crippen LogP contribution in [0.3, 0.4) is 0 Å². The van der Waals surface area contributed by atoms with Crippen molar-refractivity contribution in [2.75, 3.05) is 0 Å². The predicted octanol–water partition coefficient (Wildman–Crippen LogP) is 7.03. The minimum absolute atomic E-state index is 1.00. The molecule has 0 rings (SSSR count). The van der Waals surface area contributed by atoms with Crippen LogP contribution in [0.1, 0.15) is 61.8 Å². The van der Waals surface area contributed by atoms with Gasteiger partial charge in [0.05, 0.1) is 0 Å². The zero-order chi connectivity index (χ0) is 15.8. The monoisotopic (exact) mass is 262 g/mol. The van der Waals surface area contributed by atoms with Gasteiger partial charge in [0.25, 0.3) is 0 Å². The van der Waals surface area contributed by atoms with Gasteiger partial charge in [-0.25, -0.2) is 0 Å². The normalized spacial score (nSPS) is 9.79. The molecule has 0 heterocycles. The fourth-order valence-corrected chi connectivity index (χ4v) is 1.07. The summed E-state index contributed by atoms with van der Waals surface area (Å²) in [5, 5.41) is 0. The molecule has 110 valence electrons. The van der Waals surface area contributed by atoms with Crippen molar-refractivity contribution < 1.29 is 0 Å². The molecule has 0 aliphatic rings. The van der Waals surface area contributed by atoms with E-state index in [1.165, 1.54) is 11.1 Å². The Balaban J connectivity index is -0.000000579. The summed E-state index contributed by atoms with van der Waals surface area (Å²) < 4.78 is 0. The molecule has 0 saturated carbocycles. The van der Waals surface area contributed by atoms with Crippen LogP contribution >= 0.6 is 0 Å². The lowest BCUT2D eigenvalue weighted by Gasteiger charge is -2.03. The fourth-order valence-electron chi connectivity index (χ4n) is 1.07. The van der Waals surface area contributed by atoms with Gasteiger partial charge in [-0.2, -0.15) is 0 Å². The minimum atomic E-state index is 1.00. The molecular weight excluding hydrogens is 228 g/mol. The van der Waals surface area contributed by atoms with E-state index in [1.807, 2.05) is 46.8 Å². The van der Waals surface area contributed by atoms with E-state index in [2.05, 4.69) is 46.1 Å². The first-order valence-electron chi connectivity index (χ1n) is 7.34. The average molecular weight is 262 g/mol. The zero-order valence-electron chi connectivity index (χ0n) is 14.4. The number of rotatable bonds is 5. The number of hydrogen-bond acceptors (Lipinski definition) is 0. The van der Waals surface area contributed by atoms with Gasteiger partial charge < -0.3 is 0 Å². The van der Waals surface area contributed by atoms with E-state index in [1.54, 1.807) is 0 Å². The van der Waals surface area contributed by atoms with E-state index >= 15 is 0 Å². The maximum atomic E-state index is 4.05. The van der Waals surface area contributed by atoms with E-state index in [0.29, 0.717) is 0 Å². The summed E-state index contributed by atoms with van der Waals surface area (Å²) in [6.07, 6.45) is 9.28. The van der Waals surface area contributed by atoms with Crippen molar-refractivity contribution >= 4 is 0 Å². The molecular formula is C19H34. The summed E-state index contributed by atoms with van der Waals surface area (Å²) in [5.74, 6) is 0. The molecule has 0 amide bonds. The van der Waals surface area contributed by atoms with E-state index in [4.69, 9.17) is 0 Å². The molecule has 0 heteroatoms. The van der Waals surface area contributed by atoms with E-state index in [-0.39, 0.29) is 0 Å². The van der Waals surface area contributed by atoms with Crippen LogP contribution in [-0.2, 0) is 0 Å². The largest absolute Gasteiger partial charge is 0.0961 e. The highest BCUT2D eigenvalue weighted by Gasteiger charge is 1.94. The van der Waals surface area contributed by atoms with E-state index < -0.39 is 0 Å². The van der Waals surface area contributed by atoms with Crippen molar-refractivity contribution in [1.82, 2.24) is 0 Å². The van der Waals surface area contributed by atoms with E-state index in [9.17, 15) is 0 Å². The summed E-state index contributed by atoms with van der Waals surface area (Å²) in [4.78, 5) is 0. The van der Waals surface area contributed by atoms with Gasteiger partial charge in [-0.1, -0.05) is 83.2 Å². The molecule has 0 atom stereocenters. The van der Waals surface area contributed by atoms with Crippen molar-refractivity contribution in [1.29, 1.82) is 0 Å². The van der Waals surface area contributed by atoms with Crippen molar-refractivity contribution in [2.45, 2.75) is 61.8 Å². The molecule has 0 spiro atoms. The van der Waals surface area contributed by atoms with Crippen LogP contribution in [0.15, 0.2) is 59.8 Å². The molecule has 0 bridgehead atoms. The SMILES string of the molecule is C=C(C)/C=C\C(=C)/C(=C/C=C(C)C)CC.CC.CC. The van der Waals surface area contributed by atoms with E-state index in [0.717, 1.165) is 17.6 Å². The van der Waals surface area contributed by atoms with Crippen LogP contribution in [-0.4, -0.2) is 0 Å². The Bertz CT molecular complexity index is 318. The first kappa shape index (κ1) is 22.8. The summed E-state index contributed by atoms with van der Waals surface area (Å²) in [6.45, 7) is 24.2. The first-order chi connectivity index (χ1) is 8.97. The van der Waals surface area contributed by atoms with Crippen molar-refractivity contribution in [3.05, 3.63) is 59.8 Å². The second kappa shape index (κ2) is 16.7. The van der Waals surface area contributed by atoms with Crippen molar-refractivity contribution in [3.8, 4) is 0 Å². The maximum Gasteiger partial charge on any atom is -0.0297 e. The summed E-state index contributed by atoms with van der Waals surface area (Å²) in [5.41, 5.74) is 4.69. The van der Waals surface area contributed by atoms with Gasteiger partial charge in [0.15, 0.2) is 0 Å². The Hall–Kier alpha value is -1.30. The molecule has 19 heavy (non-hydrogen) atoms. The summed E-state index contributed by atoms with van der Waals surface area (Å²) in [6, 6.07) is 0. The molecule has 0 aliphatic heterocycles. The molecule has 0 saturated heterocycles. The standard InChI is InChI=1S/C15H22.2C2H6/c1-7-15(11-9-13(4)5)14(6)10-8-12(2)3;2*1-2/h8-11H,2,6-7H2,1,3-5H3;2*1-2H3/b10-8-,15-11+;;. The summed E-state index contributed by atoms with van der Waals surface area (Å²) in [7, 11) is 0. The molecule has 0 fully saturated rings. The molecule has 0 aromatic carbocycles. The van der Waals surface area contributed by atoms with Crippen LogP contribution in [0.25, 0.3) is 0 Å². The smallest absolute Gasteiger partial charge is 0.0297 e. The lowest BCUT2D eigenvalue weighted by Crippen LogP contribution is -1.83. The molecule has 0 aromatic rings. The molecule has 0 nitrogen and oxygen atoms in total. The third-order valence-corrected chi connectivity index (χ3v) is 1.98. The van der Waals surface area contributed by atoms with Gasteiger partial charge in [-0.3, -0.25) is 0 Å². The average Bonchev–Trinajstić information content (AvgIpc) is 2.41. The Morgan fingerprint density at radius 1 is 0.842 bits per heavy atom. The Labute approximate surface area is 122 Å². The van der Waals surface area contributed by atoms with Crippen molar-refractivity contribution in [3.63, 3.8) is 0 Å². The van der Waals surface area contributed by atoms with Gasteiger partial charge in [-0.05, 0) is 38.3 Å². The van der Waals surface area contributed by atoms with Crippen LogP contribution in [0, 0.1) is 0 Å². The third-order valence-electron chi connectivity index (χ3n) is 1.98. The lowest BCUT2D eigenvalue weighted by atomic mass is 10.0. The number of hydrogen-bond donors (Lipinski definition) is 0. The number of allylic oxidation sites excluding steroid dienone is 8. The quantitative estimate of drug-likeness (QED) is 0.466. The van der Waals surface area contributed by atoms with Crippen LogP contribution in [0.4, 0.5) is 0 Å². The third kappa shape index (κ3) is 16.7. The van der Waals surface area contributed by atoms with Gasteiger partial charge >= 0.3 is 0 Å². The van der Waals surface area contributed by atoms with Gasteiger partial charge in [0.2, 0.25) is 0 Å². The molecule has 0 unspecified atom stereocenters. The Kier molecular flexibility index (Phi) is 20.1. The van der Waals surface area contributed by atoms with Crippen LogP contribution in [0.2, 0.25) is 0 Å². The summed E-state index contributed by atoms with van der Waals surface area (Å²) >= 11 is 0. The Morgan fingerprint density at radius 2 is 1.32 bits per heavy atom. The topological polar surface area (TPSA) is 0 Å². The highest BCUT2D eigenvalue weighted by molar-refractivity contribution is 5.41. The van der Waals surface area contributed by atoms with Gasteiger partial charge in [0, 0.05) is 0 Å². The molecule has 0 aliphatic carbocycles. The molecule has 0 aromatic heterocycles. The van der Waals surface area contributed by atoms with Gasteiger partial charge in [-0.15, -0.1) is 0 Å². The zero-order valence-corrected chi connectivity index (χ0v) is 14.4. The second-order valence-electron chi connectivity index (χ2n) is 3.99. The fraction of sp³-hybridized carbons (Fsp3) is 0.474. The molecule has 0 radical (unpaired) electrons.